The molecule has 0 aromatic heterocycles. The minimum absolute atomic E-state index is 0.112. The van der Waals surface area contributed by atoms with E-state index in [0.29, 0.717) is 10.7 Å². The fourth-order valence-electron chi connectivity index (χ4n) is 2.68. The van der Waals surface area contributed by atoms with Crippen LogP contribution in [0.25, 0.3) is 0 Å². The second-order valence-electron chi connectivity index (χ2n) is 6.55. The van der Waals surface area contributed by atoms with Crippen LogP contribution in [0.3, 0.4) is 0 Å². The SMILES string of the molecule is CCc1ccccc1NC(=O)CN(C)C(C)C(=O)Nc1cccc(Cl)c1C. The quantitative estimate of drug-likeness (QED) is 0.751. The molecule has 0 bridgehead atoms. The number of para-hydroxylation sites is 1. The van der Waals surface area contributed by atoms with Gasteiger partial charge in [0.2, 0.25) is 11.8 Å². The summed E-state index contributed by atoms with van der Waals surface area (Å²) in [5, 5.41) is 6.40. The summed E-state index contributed by atoms with van der Waals surface area (Å²) in [6, 6.07) is 12.6. The third kappa shape index (κ3) is 5.55. The average Bonchev–Trinajstić information content (AvgIpc) is 2.65. The molecule has 27 heavy (non-hydrogen) atoms. The number of aryl methyl sites for hydroxylation is 1. The number of carbonyl (C=O) groups is 2. The maximum absolute atomic E-state index is 12.5. The molecule has 0 saturated heterocycles. The van der Waals surface area contributed by atoms with Crippen molar-refractivity contribution >= 4 is 34.8 Å². The standard InChI is InChI=1S/C21H26ClN3O2/c1-5-16-9-6-7-11-19(16)23-20(26)13-25(4)15(3)21(27)24-18-12-8-10-17(22)14(18)2/h6-12,15H,5,13H2,1-4H3,(H,23,26)(H,24,27). The molecule has 1 atom stereocenters. The lowest BCUT2D eigenvalue weighted by molar-refractivity contribution is -0.122. The third-order valence-electron chi connectivity index (χ3n) is 4.63. The number of benzene rings is 2. The van der Waals surface area contributed by atoms with Gasteiger partial charge in [0.15, 0.2) is 0 Å². The highest BCUT2D eigenvalue weighted by molar-refractivity contribution is 6.31. The van der Waals surface area contributed by atoms with Crippen LogP contribution in [0.2, 0.25) is 5.02 Å². The van der Waals surface area contributed by atoms with Gasteiger partial charge >= 0.3 is 0 Å². The lowest BCUT2D eigenvalue weighted by Crippen LogP contribution is -2.43. The summed E-state index contributed by atoms with van der Waals surface area (Å²) in [7, 11) is 1.75. The Bertz CT molecular complexity index is 823. The number of hydrogen-bond acceptors (Lipinski definition) is 3. The highest BCUT2D eigenvalue weighted by Gasteiger charge is 2.21. The lowest BCUT2D eigenvalue weighted by Gasteiger charge is -2.24. The minimum Gasteiger partial charge on any atom is -0.325 e. The number of rotatable bonds is 7. The van der Waals surface area contributed by atoms with Crippen LogP contribution in [-0.4, -0.2) is 36.3 Å². The Kier molecular flexibility index (Phi) is 7.39. The molecule has 0 aliphatic heterocycles. The van der Waals surface area contributed by atoms with Crippen molar-refractivity contribution in [3.8, 4) is 0 Å². The highest BCUT2D eigenvalue weighted by atomic mass is 35.5. The summed E-state index contributed by atoms with van der Waals surface area (Å²) in [4.78, 5) is 26.6. The van der Waals surface area contributed by atoms with Crippen molar-refractivity contribution in [1.29, 1.82) is 0 Å². The first kappa shape index (κ1) is 20.9. The molecule has 0 heterocycles. The Morgan fingerprint density at radius 3 is 2.44 bits per heavy atom. The molecule has 6 heteroatoms. The zero-order valence-corrected chi connectivity index (χ0v) is 16.9. The number of nitrogens with one attached hydrogen (secondary N) is 2. The molecule has 0 aliphatic rings. The van der Waals surface area contributed by atoms with Gasteiger partial charge in [0, 0.05) is 16.4 Å². The van der Waals surface area contributed by atoms with E-state index in [0.717, 1.165) is 23.2 Å². The number of hydrogen-bond donors (Lipinski definition) is 2. The van der Waals surface area contributed by atoms with Crippen molar-refractivity contribution < 1.29 is 9.59 Å². The monoisotopic (exact) mass is 387 g/mol. The smallest absolute Gasteiger partial charge is 0.241 e. The molecule has 144 valence electrons. The zero-order chi connectivity index (χ0) is 20.0. The molecule has 2 aromatic rings. The molecule has 2 rings (SSSR count). The second-order valence-corrected chi connectivity index (χ2v) is 6.96. The normalized spacial score (nSPS) is 11.9. The molecule has 2 N–H and O–H groups in total. The van der Waals surface area contributed by atoms with Gasteiger partial charge in [-0.25, -0.2) is 0 Å². The molecular formula is C21H26ClN3O2. The Morgan fingerprint density at radius 2 is 1.74 bits per heavy atom. The number of carbonyl (C=O) groups excluding carboxylic acids is 2. The number of amides is 2. The third-order valence-corrected chi connectivity index (χ3v) is 5.04. The fourth-order valence-corrected chi connectivity index (χ4v) is 2.86. The summed E-state index contributed by atoms with van der Waals surface area (Å²) in [6.45, 7) is 5.77. The fraction of sp³-hybridized carbons (Fsp3) is 0.333. The molecule has 0 saturated carbocycles. The molecule has 2 aromatic carbocycles. The molecular weight excluding hydrogens is 362 g/mol. The maximum atomic E-state index is 12.5. The van der Waals surface area contributed by atoms with Crippen molar-refractivity contribution in [1.82, 2.24) is 4.90 Å². The Hall–Kier alpha value is -2.37. The number of halogens is 1. The first-order valence-corrected chi connectivity index (χ1v) is 9.35. The van der Waals surface area contributed by atoms with Crippen LogP contribution in [0.5, 0.6) is 0 Å². The van der Waals surface area contributed by atoms with Crippen molar-refractivity contribution in [3.05, 3.63) is 58.6 Å². The van der Waals surface area contributed by atoms with Gasteiger partial charge < -0.3 is 10.6 Å². The van der Waals surface area contributed by atoms with E-state index in [1.807, 2.05) is 38.1 Å². The van der Waals surface area contributed by atoms with Gasteiger partial charge in [-0.2, -0.15) is 0 Å². The first-order valence-electron chi connectivity index (χ1n) is 8.97. The van der Waals surface area contributed by atoms with Gasteiger partial charge in [-0.1, -0.05) is 42.8 Å². The summed E-state index contributed by atoms with van der Waals surface area (Å²) in [5.74, 6) is -0.346. The molecule has 0 spiro atoms. The van der Waals surface area contributed by atoms with Crippen LogP contribution < -0.4 is 10.6 Å². The number of anilines is 2. The van der Waals surface area contributed by atoms with Crippen molar-refractivity contribution in [2.24, 2.45) is 0 Å². The van der Waals surface area contributed by atoms with E-state index in [2.05, 4.69) is 10.6 Å². The second kappa shape index (κ2) is 9.53. The van der Waals surface area contributed by atoms with E-state index < -0.39 is 6.04 Å². The predicted molar refractivity (Wildman–Crippen MR) is 111 cm³/mol. The largest absolute Gasteiger partial charge is 0.325 e. The van der Waals surface area contributed by atoms with Crippen molar-refractivity contribution in [2.75, 3.05) is 24.2 Å². The van der Waals surface area contributed by atoms with Crippen molar-refractivity contribution in [3.63, 3.8) is 0 Å². The summed E-state index contributed by atoms with van der Waals surface area (Å²) in [5.41, 5.74) is 3.38. The van der Waals surface area contributed by atoms with E-state index in [1.54, 1.807) is 37.1 Å². The highest BCUT2D eigenvalue weighted by Crippen LogP contribution is 2.23. The van der Waals surface area contributed by atoms with Crippen LogP contribution in [0, 0.1) is 6.92 Å². The Morgan fingerprint density at radius 1 is 1.07 bits per heavy atom. The molecule has 0 fully saturated rings. The maximum Gasteiger partial charge on any atom is 0.241 e. The van der Waals surface area contributed by atoms with Gasteiger partial charge in [-0.05, 0) is 56.6 Å². The molecule has 5 nitrogen and oxygen atoms in total. The van der Waals surface area contributed by atoms with Crippen molar-refractivity contribution in [2.45, 2.75) is 33.2 Å². The molecule has 0 radical (unpaired) electrons. The van der Waals surface area contributed by atoms with Gasteiger partial charge in [-0.15, -0.1) is 0 Å². The van der Waals surface area contributed by atoms with E-state index >= 15 is 0 Å². The summed E-state index contributed by atoms with van der Waals surface area (Å²) >= 11 is 6.10. The first-order chi connectivity index (χ1) is 12.8. The Balaban J connectivity index is 1.95. The van der Waals surface area contributed by atoms with Crippen LogP contribution in [0.15, 0.2) is 42.5 Å². The molecule has 0 aliphatic carbocycles. The van der Waals surface area contributed by atoms with E-state index in [9.17, 15) is 9.59 Å². The number of nitrogens with zero attached hydrogens (tertiary/aromatic N) is 1. The van der Waals surface area contributed by atoms with Gasteiger partial charge in [0.1, 0.15) is 0 Å². The number of likely N-dealkylation sites (N-methyl/N-ethyl adjacent to an activating group) is 1. The van der Waals surface area contributed by atoms with Crippen LogP contribution in [0.1, 0.15) is 25.0 Å². The van der Waals surface area contributed by atoms with Gasteiger partial charge in [0.05, 0.1) is 12.6 Å². The van der Waals surface area contributed by atoms with Gasteiger partial charge in [-0.3, -0.25) is 14.5 Å². The lowest BCUT2D eigenvalue weighted by atomic mass is 10.1. The van der Waals surface area contributed by atoms with Crippen LogP contribution in [0.4, 0.5) is 11.4 Å². The zero-order valence-electron chi connectivity index (χ0n) is 16.2. The van der Waals surface area contributed by atoms with Crippen LogP contribution >= 0.6 is 11.6 Å². The molecule has 2 amide bonds. The minimum atomic E-state index is -0.476. The molecule has 1 unspecified atom stereocenters. The van der Waals surface area contributed by atoms with E-state index in [1.165, 1.54) is 0 Å². The summed E-state index contributed by atoms with van der Waals surface area (Å²) < 4.78 is 0. The average molecular weight is 388 g/mol. The van der Waals surface area contributed by atoms with Gasteiger partial charge in [0.25, 0.3) is 0 Å². The predicted octanol–water partition coefficient (Wildman–Crippen LogP) is 4.11. The van der Waals surface area contributed by atoms with E-state index in [-0.39, 0.29) is 18.4 Å². The summed E-state index contributed by atoms with van der Waals surface area (Å²) in [6.07, 6.45) is 0.837. The Labute approximate surface area is 165 Å². The van der Waals surface area contributed by atoms with Crippen LogP contribution in [-0.2, 0) is 16.0 Å². The van der Waals surface area contributed by atoms with E-state index in [4.69, 9.17) is 11.6 Å². The topological polar surface area (TPSA) is 61.4 Å².